The van der Waals surface area contributed by atoms with Gasteiger partial charge in [0.2, 0.25) is 0 Å². The zero-order valence-electron chi connectivity index (χ0n) is 21.0. The molecule has 0 radical (unpaired) electrons. The Labute approximate surface area is 202 Å². The summed E-state index contributed by atoms with van der Waals surface area (Å²) in [5.74, 6) is 1.06. The van der Waals surface area contributed by atoms with E-state index in [0.29, 0.717) is 11.8 Å². The fourth-order valence-electron chi connectivity index (χ4n) is 5.60. The van der Waals surface area contributed by atoms with Gasteiger partial charge in [-0.2, -0.15) is 0 Å². The maximum absolute atomic E-state index is 6.28. The van der Waals surface area contributed by atoms with E-state index in [4.69, 9.17) is 9.47 Å². The number of hydrogen-bond donors (Lipinski definition) is 0. The van der Waals surface area contributed by atoms with Crippen LogP contribution in [0.4, 0.5) is 0 Å². The number of unbranched alkanes of at least 4 members (excludes halogenated alkanes) is 3. The molecular formula is C31H44O2. The average molecular weight is 449 g/mol. The Hall–Kier alpha value is -1.64. The highest BCUT2D eigenvalue weighted by molar-refractivity contribution is 5.38. The lowest BCUT2D eigenvalue weighted by molar-refractivity contribution is -0.191. The molecule has 0 spiro atoms. The molecule has 2 heteroatoms. The predicted octanol–water partition coefficient (Wildman–Crippen LogP) is 8.64. The fourth-order valence-corrected chi connectivity index (χ4v) is 5.60. The summed E-state index contributed by atoms with van der Waals surface area (Å²) in [6.45, 7) is 6.03. The van der Waals surface area contributed by atoms with Crippen molar-refractivity contribution in [2.24, 2.45) is 0 Å². The minimum absolute atomic E-state index is 0.229. The molecule has 0 unspecified atom stereocenters. The molecule has 2 aliphatic rings. The van der Waals surface area contributed by atoms with E-state index >= 15 is 0 Å². The smallest absolute Gasteiger partial charge is 0.183 e. The van der Waals surface area contributed by atoms with Crippen molar-refractivity contribution in [2.75, 3.05) is 13.2 Å². The van der Waals surface area contributed by atoms with E-state index in [1.807, 2.05) is 0 Å². The minimum atomic E-state index is -0.229. The third kappa shape index (κ3) is 6.70. The molecule has 4 rings (SSSR count). The quantitative estimate of drug-likeness (QED) is 0.339. The van der Waals surface area contributed by atoms with Crippen LogP contribution in [0.3, 0.4) is 0 Å². The van der Waals surface area contributed by atoms with Crippen LogP contribution in [0.5, 0.6) is 0 Å². The van der Waals surface area contributed by atoms with Gasteiger partial charge in [0.25, 0.3) is 0 Å². The van der Waals surface area contributed by atoms with E-state index < -0.39 is 0 Å². The lowest BCUT2D eigenvalue weighted by Gasteiger charge is -2.33. The van der Waals surface area contributed by atoms with Crippen molar-refractivity contribution in [3.8, 4) is 0 Å². The Morgan fingerprint density at radius 3 is 2.03 bits per heavy atom. The monoisotopic (exact) mass is 448 g/mol. The first kappa shape index (κ1) is 24.5. The van der Waals surface area contributed by atoms with Gasteiger partial charge in [0.15, 0.2) is 6.29 Å². The Kier molecular flexibility index (Phi) is 9.44. The van der Waals surface area contributed by atoms with Crippen LogP contribution in [0.25, 0.3) is 0 Å². The van der Waals surface area contributed by atoms with Crippen LogP contribution in [-0.4, -0.2) is 13.2 Å². The summed E-state index contributed by atoms with van der Waals surface area (Å²) in [7, 11) is 0. The molecule has 0 N–H and O–H groups in total. The SMILES string of the molecule is CCCCCc1ccc(C2OCC(c3ccc(CCCC)cc3C3CCCCC3)CO2)cc1. The van der Waals surface area contributed by atoms with Crippen LogP contribution in [0.1, 0.15) is 124 Å². The van der Waals surface area contributed by atoms with Gasteiger partial charge in [-0.15, -0.1) is 0 Å². The summed E-state index contributed by atoms with van der Waals surface area (Å²) in [5, 5.41) is 0. The first-order valence-electron chi connectivity index (χ1n) is 13.7. The standard InChI is InChI=1S/C31H44O2/c1-3-5-8-12-24-15-18-27(19-16-24)31-32-22-28(23-33-31)29-20-17-25(11-6-4-2)21-30(29)26-13-9-7-10-14-26/h15-21,26,28,31H,3-14,22-23H2,1-2H3. The molecule has 0 amide bonds. The Morgan fingerprint density at radius 2 is 1.33 bits per heavy atom. The van der Waals surface area contributed by atoms with E-state index in [9.17, 15) is 0 Å². The normalized spacial score (nSPS) is 21.9. The number of aryl methyl sites for hydroxylation is 2. The number of hydrogen-bond acceptors (Lipinski definition) is 2. The topological polar surface area (TPSA) is 18.5 Å². The molecule has 1 saturated carbocycles. The first-order chi connectivity index (χ1) is 16.3. The highest BCUT2D eigenvalue weighted by Gasteiger charge is 2.28. The average Bonchev–Trinajstić information content (AvgIpc) is 2.88. The molecule has 1 aliphatic heterocycles. The molecule has 2 aromatic rings. The lowest BCUT2D eigenvalue weighted by atomic mass is 9.78. The second-order valence-corrected chi connectivity index (χ2v) is 10.3. The van der Waals surface area contributed by atoms with Crippen molar-refractivity contribution in [1.29, 1.82) is 0 Å². The van der Waals surface area contributed by atoms with Crippen LogP contribution < -0.4 is 0 Å². The van der Waals surface area contributed by atoms with Crippen molar-refractivity contribution >= 4 is 0 Å². The zero-order chi connectivity index (χ0) is 22.9. The Balaban J connectivity index is 1.41. The number of rotatable bonds is 10. The van der Waals surface area contributed by atoms with Crippen LogP contribution in [0, 0.1) is 0 Å². The molecule has 1 saturated heterocycles. The van der Waals surface area contributed by atoms with E-state index in [-0.39, 0.29) is 6.29 Å². The van der Waals surface area contributed by atoms with Gasteiger partial charge in [-0.05, 0) is 66.7 Å². The lowest BCUT2D eigenvalue weighted by Crippen LogP contribution is -2.27. The molecule has 0 aromatic heterocycles. The summed E-state index contributed by atoms with van der Waals surface area (Å²) in [4.78, 5) is 0. The summed E-state index contributed by atoms with van der Waals surface area (Å²) < 4.78 is 12.6. The second-order valence-electron chi connectivity index (χ2n) is 10.3. The molecule has 1 heterocycles. The fraction of sp³-hybridized carbons (Fsp3) is 0.613. The molecule has 0 atom stereocenters. The van der Waals surface area contributed by atoms with Crippen LogP contribution in [-0.2, 0) is 22.3 Å². The summed E-state index contributed by atoms with van der Waals surface area (Å²) in [6, 6.07) is 16.2. The van der Waals surface area contributed by atoms with E-state index in [1.54, 1.807) is 5.56 Å². The molecule has 180 valence electrons. The van der Waals surface area contributed by atoms with E-state index in [0.717, 1.165) is 18.8 Å². The van der Waals surface area contributed by atoms with Gasteiger partial charge in [-0.25, -0.2) is 0 Å². The molecule has 33 heavy (non-hydrogen) atoms. The van der Waals surface area contributed by atoms with Crippen LogP contribution >= 0.6 is 0 Å². The highest BCUT2D eigenvalue weighted by atomic mass is 16.7. The van der Waals surface area contributed by atoms with Crippen LogP contribution in [0.15, 0.2) is 42.5 Å². The van der Waals surface area contributed by atoms with Crippen molar-refractivity contribution in [2.45, 2.75) is 109 Å². The van der Waals surface area contributed by atoms with Crippen molar-refractivity contribution < 1.29 is 9.47 Å². The van der Waals surface area contributed by atoms with Gasteiger partial charge in [-0.3, -0.25) is 0 Å². The second kappa shape index (κ2) is 12.7. The first-order valence-corrected chi connectivity index (χ1v) is 13.7. The minimum Gasteiger partial charge on any atom is -0.348 e. The summed E-state index contributed by atoms with van der Waals surface area (Å²) in [6.07, 6.45) is 15.3. The molecule has 1 aliphatic carbocycles. The number of benzene rings is 2. The van der Waals surface area contributed by atoms with Gasteiger partial charge in [0, 0.05) is 11.5 Å². The largest absolute Gasteiger partial charge is 0.348 e. The molecule has 2 fully saturated rings. The molecule has 0 bridgehead atoms. The van der Waals surface area contributed by atoms with E-state index in [1.165, 1.54) is 93.7 Å². The van der Waals surface area contributed by atoms with Gasteiger partial charge >= 0.3 is 0 Å². The third-order valence-electron chi connectivity index (χ3n) is 7.67. The van der Waals surface area contributed by atoms with Crippen molar-refractivity contribution in [3.63, 3.8) is 0 Å². The van der Waals surface area contributed by atoms with Gasteiger partial charge in [-0.1, -0.05) is 94.8 Å². The number of ether oxygens (including phenoxy) is 2. The third-order valence-corrected chi connectivity index (χ3v) is 7.67. The summed E-state index contributed by atoms with van der Waals surface area (Å²) in [5.41, 5.74) is 7.15. The van der Waals surface area contributed by atoms with E-state index in [2.05, 4.69) is 56.3 Å². The Morgan fingerprint density at radius 1 is 0.667 bits per heavy atom. The van der Waals surface area contributed by atoms with Crippen LogP contribution in [0.2, 0.25) is 0 Å². The maximum atomic E-state index is 6.28. The van der Waals surface area contributed by atoms with Crippen molar-refractivity contribution in [3.05, 3.63) is 70.3 Å². The molecule has 2 nitrogen and oxygen atoms in total. The molecule has 2 aromatic carbocycles. The van der Waals surface area contributed by atoms with Gasteiger partial charge in [0.05, 0.1) is 13.2 Å². The highest BCUT2D eigenvalue weighted by Crippen LogP contribution is 2.39. The van der Waals surface area contributed by atoms with Gasteiger partial charge in [0.1, 0.15) is 0 Å². The van der Waals surface area contributed by atoms with Gasteiger partial charge < -0.3 is 9.47 Å². The summed E-state index contributed by atoms with van der Waals surface area (Å²) >= 11 is 0. The predicted molar refractivity (Wildman–Crippen MR) is 138 cm³/mol. The Bertz CT molecular complexity index is 827. The maximum Gasteiger partial charge on any atom is 0.183 e. The molecular weight excluding hydrogens is 404 g/mol. The van der Waals surface area contributed by atoms with Crippen molar-refractivity contribution in [1.82, 2.24) is 0 Å². The zero-order valence-corrected chi connectivity index (χ0v) is 21.0.